The molecule has 2 rings (SSSR count). The number of benzene rings is 2. The van der Waals surface area contributed by atoms with Gasteiger partial charge in [-0.1, -0.05) is 67.5 Å². The number of amides is 1. The van der Waals surface area contributed by atoms with Gasteiger partial charge in [0.2, 0.25) is 10.0 Å². The first-order valence-electron chi connectivity index (χ1n) is 11.4. The molecule has 0 saturated carbocycles. The molecule has 7 heteroatoms. The minimum Gasteiger partial charge on any atom is -0.483 e. The van der Waals surface area contributed by atoms with Crippen molar-refractivity contribution in [2.75, 3.05) is 25.0 Å². The maximum absolute atomic E-state index is 12.6. The van der Waals surface area contributed by atoms with Crippen molar-refractivity contribution in [1.82, 2.24) is 4.31 Å². The van der Waals surface area contributed by atoms with Crippen LogP contribution in [-0.4, -0.2) is 38.3 Å². The van der Waals surface area contributed by atoms with Gasteiger partial charge in [0.1, 0.15) is 5.75 Å². The molecule has 0 bridgehead atoms. The van der Waals surface area contributed by atoms with Crippen LogP contribution in [0.4, 0.5) is 5.69 Å². The van der Waals surface area contributed by atoms with Gasteiger partial charge in [-0.25, -0.2) is 8.42 Å². The third kappa shape index (κ3) is 6.81. The topological polar surface area (TPSA) is 75.7 Å². The number of hydrogen-bond donors (Lipinski definition) is 1. The fourth-order valence-corrected chi connectivity index (χ4v) is 4.93. The normalized spacial score (nSPS) is 12.6. The Bertz CT molecular complexity index is 1060. The van der Waals surface area contributed by atoms with Crippen LogP contribution in [-0.2, 0) is 25.6 Å². The van der Waals surface area contributed by atoms with Crippen LogP contribution >= 0.6 is 0 Å². The number of carbonyl (C=O) groups is 1. The molecule has 0 radical (unpaired) electrons. The summed E-state index contributed by atoms with van der Waals surface area (Å²) < 4.78 is 32.5. The number of carbonyl (C=O) groups excluding carboxylic acids is 1. The molecule has 1 amide bonds. The van der Waals surface area contributed by atoms with E-state index in [-0.39, 0.29) is 28.2 Å². The second kappa shape index (κ2) is 10.3. The smallest absolute Gasteiger partial charge is 0.262 e. The lowest BCUT2D eigenvalue weighted by molar-refractivity contribution is -0.118. The number of ether oxygens (including phenoxy) is 1. The monoisotopic (exact) mass is 474 g/mol. The molecular formula is C26H38N2O4S. The summed E-state index contributed by atoms with van der Waals surface area (Å²) in [6.45, 7) is 17.1. The zero-order chi connectivity index (χ0) is 25.0. The maximum Gasteiger partial charge on any atom is 0.262 e. The lowest BCUT2D eigenvalue weighted by Crippen LogP contribution is -2.30. The lowest BCUT2D eigenvalue weighted by Gasteiger charge is -2.27. The van der Waals surface area contributed by atoms with Crippen LogP contribution in [0.5, 0.6) is 5.75 Å². The Kier molecular flexibility index (Phi) is 8.36. The predicted molar refractivity (Wildman–Crippen MR) is 135 cm³/mol. The maximum atomic E-state index is 12.6. The Morgan fingerprint density at radius 2 is 1.48 bits per heavy atom. The fraction of sp³-hybridized carbons (Fsp3) is 0.500. The number of sulfonamides is 1. The summed E-state index contributed by atoms with van der Waals surface area (Å²) in [5.41, 5.74) is 2.65. The van der Waals surface area contributed by atoms with Crippen molar-refractivity contribution >= 4 is 21.6 Å². The largest absolute Gasteiger partial charge is 0.483 e. The molecule has 0 heterocycles. The fourth-order valence-electron chi connectivity index (χ4n) is 3.47. The molecule has 0 aliphatic carbocycles. The van der Waals surface area contributed by atoms with E-state index in [0.717, 1.165) is 5.56 Å². The second-order valence-corrected chi connectivity index (χ2v) is 12.1. The van der Waals surface area contributed by atoms with E-state index in [0.29, 0.717) is 24.5 Å². The van der Waals surface area contributed by atoms with E-state index in [1.54, 1.807) is 26.0 Å². The molecule has 0 atom stereocenters. The molecule has 0 aliphatic heterocycles. The summed E-state index contributed by atoms with van der Waals surface area (Å²) in [5.74, 6) is 0.375. The first-order chi connectivity index (χ1) is 15.2. The molecule has 2 aromatic carbocycles. The van der Waals surface area contributed by atoms with E-state index >= 15 is 0 Å². The highest BCUT2D eigenvalue weighted by Crippen LogP contribution is 2.35. The summed E-state index contributed by atoms with van der Waals surface area (Å²) in [5, 5.41) is 2.77. The Labute approximate surface area is 199 Å². The Hall–Kier alpha value is -2.38. The van der Waals surface area contributed by atoms with Gasteiger partial charge in [0.05, 0.1) is 4.90 Å². The van der Waals surface area contributed by atoms with Gasteiger partial charge < -0.3 is 10.1 Å². The van der Waals surface area contributed by atoms with Crippen LogP contribution in [0.15, 0.2) is 47.4 Å². The Morgan fingerprint density at radius 3 is 1.97 bits per heavy atom. The van der Waals surface area contributed by atoms with E-state index in [4.69, 9.17) is 4.74 Å². The van der Waals surface area contributed by atoms with E-state index < -0.39 is 10.0 Å². The molecule has 0 aromatic heterocycles. The average Bonchev–Trinajstić information content (AvgIpc) is 2.72. The molecule has 0 spiro atoms. The number of rotatable bonds is 8. The molecule has 2 aromatic rings. The summed E-state index contributed by atoms with van der Waals surface area (Å²) in [6.07, 6.45) is 0. The van der Waals surface area contributed by atoms with Gasteiger partial charge in [-0.15, -0.1) is 0 Å². The molecule has 33 heavy (non-hydrogen) atoms. The van der Waals surface area contributed by atoms with Crippen LogP contribution < -0.4 is 10.1 Å². The van der Waals surface area contributed by atoms with Crippen molar-refractivity contribution in [2.45, 2.75) is 71.1 Å². The van der Waals surface area contributed by atoms with Gasteiger partial charge in [-0.3, -0.25) is 4.79 Å². The van der Waals surface area contributed by atoms with Crippen LogP contribution in [0.3, 0.4) is 0 Å². The van der Waals surface area contributed by atoms with Gasteiger partial charge in [0.15, 0.2) is 6.61 Å². The quantitative estimate of drug-likeness (QED) is 0.561. The Morgan fingerprint density at radius 1 is 0.909 bits per heavy atom. The molecular weight excluding hydrogens is 436 g/mol. The highest BCUT2D eigenvalue weighted by atomic mass is 32.2. The molecule has 0 unspecified atom stereocenters. The standard InChI is InChI=1S/C26H38N2O4S/c1-9-28(10-2)33(30,31)21-14-12-20(13-15-21)27-24(29)18-32-23-16-11-19(25(3,4)5)17-22(23)26(6,7)8/h11-17H,9-10,18H2,1-8H3,(H,27,29). The highest BCUT2D eigenvalue weighted by molar-refractivity contribution is 7.89. The van der Waals surface area contributed by atoms with Gasteiger partial charge in [0, 0.05) is 18.8 Å². The molecule has 6 nitrogen and oxygen atoms in total. The molecule has 1 N–H and O–H groups in total. The minimum atomic E-state index is -3.53. The molecule has 0 aliphatic rings. The Balaban J connectivity index is 2.11. The zero-order valence-electron chi connectivity index (χ0n) is 21.2. The second-order valence-electron chi connectivity index (χ2n) is 10.2. The number of anilines is 1. The van der Waals surface area contributed by atoms with E-state index in [9.17, 15) is 13.2 Å². The number of hydrogen-bond acceptors (Lipinski definition) is 4. The SMILES string of the molecule is CCN(CC)S(=O)(=O)c1ccc(NC(=O)COc2ccc(C(C)(C)C)cc2C(C)(C)C)cc1. The third-order valence-electron chi connectivity index (χ3n) is 5.49. The zero-order valence-corrected chi connectivity index (χ0v) is 22.0. The van der Waals surface area contributed by atoms with Gasteiger partial charge in [-0.05, 0) is 52.3 Å². The first kappa shape index (κ1) is 26.9. The average molecular weight is 475 g/mol. The van der Waals surface area contributed by atoms with Gasteiger partial charge >= 0.3 is 0 Å². The predicted octanol–water partition coefficient (Wildman–Crippen LogP) is 5.33. The van der Waals surface area contributed by atoms with Crippen molar-refractivity contribution in [3.8, 4) is 5.75 Å². The third-order valence-corrected chi connectivity index (χ3v) is 7.56. The van der Waals surface area contributed by atoms with Crippen molar-refractivity contribution in [1.29, 1.82) is 0 Å². The summed E-state index contributed by atoms with van der Waals surface area (Å²) in [4.78, 5) is 12.7. The summed E-state index contributed by atoms with van der Waals surface area (Å²) >= 11 is 0. The van der Waals surface area contributed by atoms with Crippen molar-refractivity contribution in [3.05, 3.63) is 53.6 Å². The van der Waals surface area contributed by atoms with Crippen molar-refractivity contribution in [2.24, 2.45) is 0 Å². The number of nitrogens with zero attached hydrogens (tertiary/aromatic N) is 1. The minimum absolute atomic E-state index is 0.0147. The van der Waals surface area contributed by atoms with Crippen LogP contribution in [0.1, 0.15) is 66.5 Å². The van der Waals surface area contributed by atoms with Gasteiger partial charge in [-0.2, -0.15) is 4.31 Å². The first-order valence-corrected chi connectivity index (χ1v) is 12.8. The van der Waals surface area contributed by atoms with Crippen LogP contribution in [0.2, 0.25) is 0 Å². The van der Waals surface area contributed by atoms with Crippen LogP contribution in [0.25, 0.3) is 0 Å². The van der Waals surface area contributed by atoms with Crippen molar-refractivity contribution in [3.63, 3.8) is 0 Å². The molecule has 182 valence electrons. The molecule has 0 fully saturated rings. The summed E-state index contributed by atoms with van der Waals surface area (Å²) in [7, 11) is -3.53. The van der Waals surface area contributed by atoms with E-state index in [1.165, 1.54) is 22.0 Å². The van der Waals surface area contributed by atoms with Crippen LogP contribution in [0, 0.1) is 0 Å². The number of nitrogens with one attached hydrogen (secondary N) is 1. The molecule has 0 saturated heterocycles. The summed E-state index contributed by atoms with van der Waals surface area (Å²) in [6, 6.07) is 12.3. The highest BCUT2D eigenvalue weighted by Gasteiger charge is 2.24. The van der Waals surface area contributed by atoms with E-state index in [1.807, 2.05) is 12.1 Å². The van der Waals surface area contributed by atoms with E-state index in [2.05, 4.69) is 52.9 Å². The lowest BCUT2D eigenvalue weighted by atomic mass is 9.80. The van der Waals surface area contributed by atoms with Gasteiger partial charge in [0.25, 0.3) is 5.91 Å². The van der Waals surface area contributed by atoms with Crippen molar-refractivity contribution < 1.29 is 17.9 Å².